The molecule has 0 fully saturated rings. The van der Waals surface area contributed by atoms with E-state index in [4.69, 9.17) is 32.7 Å². The number of ether oxygens (including phenoxy) is 2. The summed E-state index contributed by atoms with van der Waals surface area (Å²) < 4.78 is 10.9. The van der Waals surface area contributed by atoms with Gasteiger partial charge in [-0.1, -0.05) is 43.1 Å². The normalized spacial score (nSPS) is 14.6. The molecule has 25 heavy (non-hydrogen) atoms. The fraction of sp³-hybridized carbons (Fsp3) is 0.158. The number of halogens is 2. The lowest BCUT2D eigenvalue weighted by atomic mass is 10.1. The second-order valence-electron chi connectivity index (χ2n) is 5.85. The number of carbonyl (C=O) groups is 2. The molecule has 0 atom stereocenters. The van der Waals surface area contributed by atoms with Crippen molar-refractivity contribution in [1.82, 2.24) is 0 Å². The van der Waals surface area contributed by atoms with Crippen molar-refractivity contribution in [3.63, 3.8) is 0 Å². The largest absolute Gasteiger partial charge is 0.452 e. The van der Waals surface area contributed by atoms with E-state index < -0.39 is 0 Å². The van der Waals surface area contributed by atoms with Gasteiger partial charge < -0.3 is 9.47 Å². The number of ketones is 1. The molecule has 3 rings (SSSR count). The molecule has 128 valence electrons. The molecule has 1 aliphatic rings. The van der Waals surface area contributed by atoms with Gasteiger partial charge in [0.05, 0.1) is 21.5 Å². The maximum atomic E-state index is 12.4. The molecule has 6 heteroatoms. The molecule has 0 N–H and O–H groups in total. The third-order valence-corrected chi connectivity index (χ3v) is 4.31. The number of hydrogen-bond acceptors (Lipinski definition) is 4. The van der Waals surface area contributed by atoms with Crippen LogP contribution in [0.4, 0.5) is 0 Å². The Bertz CT molecular complexity index is 900. The van der Waals surface area contributed by atoms with Gasteiger partial charge in [0, 0.05) is 6.07 Å². The number of rotatable bonds is 3. The lowest BCUT2D eigenvalue weighted by molar-refractivity contribution is -0.137. The van der Waals surface area contributed by atoms with Crippen molar-refractivity contribution in [3.05, 3.63) is 63.3 Å². The van der Waals surface area contributed by atoms with Crippen molar-refractivity contribution < 1.29 is 19.1 Å². The average molecular weight is 377 g/mol. The monoisotopic (exact) mass is 376 g/mol. The zero-order chi connectivity index (χ0) is 18.1. The van der Waals surface area contributed by atoms with Crippen LogP contribution < -0.4 is 9.47 Å². The number of benzene rings is 2. The van der Waals surface area contributed by atoms with Crippen LogP contribution in [-0.4, -0.2) is 11.8 Å². The lowest BCUT2D eigenvalue weighted by Gasteiger charge is -2.07. The van der Waals surface area contributed by atoms with Crippen LogP contribution in [0.25, 0.3) is 6.08 Å². The fourth-order valence-corrected chi connectivity index (χ4v) is 2.52. The summed E-state index contributed by atoms with van der Waals surface area (Å²) in [5, 5.41) is 0.823. The number of allylic oxidation sites excluding steroid dienone is 1. The minimum Gasteiger partial charge on any atom is -0.452 e. The van der Waals surface area contributed by atoms with Crippen LogP contribution in [-0.2, 0) is 4.79 Å². The highest BCUT2D eigenvalue weighted by Gasteiger charge is 2.28. The molecule has 4 nitrogen and oxygen atoms in total. The second-order valence-corrected chi connectivity index (χ2v) is 6.66. The Kier molecular flexibility index (Phi) is 4.84. The maximum Gasteiger partial charge on any atom is 0.313 e. The summed E-state index contributed by atoms with van der Waals surface area (Å²) in [6.45, 7) is 3.49. The van der Waals surface area contributed by atoms with Crippen LogP contribution in [0.2, 0.25) is 10.0 Å². The highest BCUT2D eigenvalue weighted by Crippen LogP contribution is 2.35. The molecule has 1 heterocycles. The SMILES string of the molecule is CC(C)C(=O)Oc1ccc2c(c1)O/C(=C\c1ccc(Cl)c(Cl)c1)C2=O. The Hall–Kier alpha value is -2.30. The molecule has 0 spiro atoms. The molecular formula is C19H14Cl2O4. The van der Waals surface area contributed by atoms with Crippen LogP contribution in [0, 0.1) is 5.92 Å². The molecule has 0 aromatic heterocycles. The number of fused-ring (bicyclic) bond motifs is 1. The minimum absolute atomic E-state index is 0.167. The number of hydrogen-bond donors (Lipinski definition) is 0. The van der Waals surface area contributed by atoms with Crippen LogP contribution in [0.3, 0.4) is 0 Å². The van der Waals surface area contributed by atoms with Gasteiger partial charge in [0.1, 0.15) is 11.5 Å². The molecule has 0 radical (unpaired) electrons. The van der Waals surface area contributed by atoms with Gasteiger partial charge in [-0.3, -0.25) is 9.59 Å². The molecule has 0 bridgehead atoms. The van der Waals surface area contributed by atoms with E-state index in [0.29, 0.717) is 32.7 Å². The summed E-state index contributed by atoms with van der Waals surface area (Å²) in [7, 11) is 0. The number of esters is 1. The van der Waals surface area contributed by atoms with Gasteiger partial charge >= 0.3 is 5.97 Å². The fourth-order valence-electron chi connectivity index (χ4n) is 2.22. The predicted molar refractivity (Wildman–Crippen MR) is 96.3 cm³/mol. The van der Waals surface area contributed by atoms with Crippen LogP contribution in [0.1, 0.15) is 29.8 Å². The van der Waals surface area contributed by atoms with Crippen molar-refractivity contribution in [3.8, 4) is 11.5 Å². The Morgan fingerprint density at radius 2 is 1.88 bits per heavy atom. The summed E-state index contributed by atoms with van der Waals surface area (Å²) >= 11 is 11.9. The highest BCUT2D eigenvalue weighted by molar-refractivity contribution is 6.42. The molecule has 0 aliphatic carbocycles. The van der Waals surface area contributed by atoms with E-state index in [0.717, 1.165) is 0 Å². The quantitative estimate of drug-likeness (QED) is 0.421. The van der Waals surface area contributed by atoms with E-state index in [9.17, 15) is 9.59 Å². The van der Waals surface area contributed by atoms with E-state index in [-0.39, 0.29) is 23.4 Å². The summed E-state index contributed by atoms with van der Waals surface area (Å²) in [6, 6.07) is 9.71. The van der Waals surface area contributed by atoms with Crippen molar-refractivity contribution in [2.45, 2.75) is 13.8 Å². The Labute approximate surface area is 155 Å². The van der Waals surface area contributed by atoms with Gasteiger partial charge in [-0.25, -0.2) is 0 Å². The summed E-state index contributed by atoms with van der Waals surface area (Å²) in [5.74, 6) is 0.00620. The average Bonchev–Trinajstić information content (AvgIpc) is 2.86. The lowest BCUT2D eigenvalue weighted by Crippen LogP contribution is -2.14. The Balaban J connectivity index is 1.86. The molecule has 0 amide bonds. The van der Waals surface area contributed by atoms with Crippen molar-refractivity contribution in [1.29, 1.82) is 0 Å². The molecular weight excluding hydrogens is 363 g/mol. The summed E-state index contributed by atoms with van der Waals surface area (Å²) in [6.07, 6.45) is 1.59. The smallest absolute Gasteiger partial charge is 0.313 e. The van der Waals surface area contributed by atoms with Crippen molar-refractivity contribution in [2.24, 2.45) is 5.92 Å². The zero-order valence-corrected chi connectivity index (χ0v) is 15.0. The summed E-state index contributed by atoms with van der Waals surface area (Å²) in [4.78, 5) is 24.1. The number of Topliss-reactive ketones (excluding diaryl/α,β-unsaturated/α-hetero) is 1. The summed E-state index contributed by atoms with van der Waals surface area (Å²) in [5.41, 5.74) is 1.10. The van der Waals surface area contributed by atoms with Crippen LogP contribution in [0.5, 0.6) is 11.5 Å². The Morgan fingerprint density at radius 1 is 1.12 bits per heavy atom. The van der Waals surface area contributed by atoms with Crippen LogP contribution >= 0.6 is 23.2 Å². The topological polar surface area (TPSA) is 52.6 Å². The van der Waals surface area contributed by atoms with Crippen LogP contribution in [0.15, 0.2) is 42.2 Å². The second kappa shape index (κ2) is 6.90. The van der Waals surface area contributed by atoms with E-state index >= 15 is 0 Å². The zero-order valence-electron chi connectivity index (χ0n) is 13.5. The van der Waals surface area contributed by atoms with E-state index in [1.54, 1.807) is 50.3 Å². The molecule has 0 saturated heterocycles. The predicted octanol–water partition coefficient (Wildman–Crippen LogP) is 5.17. The third-order valence-electron chi connectivity index (χ3n) is 3.57. The molecule has 2 aromatic carbocycles. The van der Waals surface area contributed by atoms with E-state index in [2.05, 4.69) is 0 Å². The number of carbonyl (C=O) groups excluding carboxylic acids is 2. The minimum atomic E-state index is -0.351. The first-order valence-electron chi connectivity index (χ1n) is 7.60. The first-order valence-corrected chi connectivity index (χ1v) is 8.36. The third kappa shape index (κ3) is 3.70. The van der Waals surface area contributed by atoms with Gasteiger partial charge in [-0.2, -0.15) is 0 Å². The van der Waals surface area contributed by atoms with Gasteiger partial charge in [0.25, 0.3) is 0 Å². The maximum absolute atomic E-state index is 12.4. The first-order chi connectivity index (χ1) is 11.8. The molecule has 0 unspecified atom stereocenters. The molecule has 2 aromatic rings. The van der Waals surface area contributed by atoms with Gasteiger partial charge in [-0.15, -0.1) is 0 Å². The highest BCUT2D eigenvalue weighted by atomic mass is 35.5. The molecule has 0 saturated carbocycles. The van der Waals surface area contributed by atoms with Gasteiger partial charge in [0.15, 0.2) is 5.76 Å². The van der Waals surface area contributed by atoms with Gasteiger partial charge in [-0.05, 0) is 35.9 Å². The Morgan fingerprint density at radius 3 is 2.56 bits per heavy atom. The van der Waals surface area contributed by atoms with E-state index in [1.165, 1.54) is 6.07 Å². The van der Waals surface area contributed by atoms with Gasteiger partial charge in [0.2, 0.25) is 5.78 Å². The molecule has 1 aliphatic heterocycles. The van der Waals surface area contributed by atoms with Crippen molar-refractivity contribution >= 4 is 41.0 Å². The standard InChI is InChI=1S/C19H14Cl2O4/c1-10(2)19(23)24-12-4-5-13-16(9-12)25-17(18(13)22)8-11-3-6-14(20)15(21)7-11/h3-10H,1-2H3/b17-8-. The van der Waals surface area contributed by atoms with E-state index in [1.807, 2.05) is 0 Å². The van der Waals surface area contributed by atoms with Crippen molar-refractivity contribution in [2.75, 3.05) is 0 Å². The first kappa shape index (κ1) is 17.5.